The van der Waals surface area contributed by atoms with E-state index in [0.29, 0.717) is 28.2 Å². The maximum atomic E-state index is 12.5. The van der Waals surface area contributed by atoms with Crippen LogP contribution in [0, 0.1) is 6.92 Å². The van der Waals surface area contributed by atoms with Crippen molar-refractivity contribution in [1.82, 2.24) is 14.8 Å². The van der Waals surface area contributed by atoms with E-state index < -0.39 is 0 Å². The molecule has 156 valence electrons. The summed E-state index contributed by atoms with van der Waals surface area (Å²) in [6, 6.07) is 16.9. The van der Waals surface area contributed by atoms with E-state index >= 15 is 0 Å². The van der Waals surface area contributed by atoms with E-state index in [0.717, 1.165) is 17.0 Å². The minimum atomic E-state index is -0.160. The van der Waals surface area contributed by atoms with Crippen LogP contribution in [-0.2, 0) is 4.79 Å². The van der Waals surface area contributed by atoms with Crippen LogP contribution in [-0.4, -0.2) is 33.2 Å². The van der Waals surface area contributed by atoms with Gasteiger partial charge >= 0.3 is 0 Å². The summed E-state index contributed by atoms with van der Waals surface area (Å²) in [7, 11) is 0. The smallest absolute Gasteiger partial charge is 0.234 e. The van der Waals surface area contributed by atoms with Gasteiger partial charge in [-0.15, -0.1) is 10.2 Å². The number of anilines is 1. The molecule has 3 heterocycles. The van der Waals surface area contributed by atoms with Crippen LogP contribution in [0.3, 0.4) is 0 Å². The molecule has 1 aliphatic heterocycles. The normalized spacial score (nSPS) is 12.2. The van der Waals surface area contributed by atoms with Gasteiger partial charge in [0.1, 0.15) is 5.76 Å². The number of amides is 1. The van der Waals surface area contributed by atoms with E-state index in [2.05, 4.69) is 15.5 Å². The second kappa shape index (κ2) is 8.19. The third-order valence-electron chi connectivity index (χ3n) is 4.74. The zero-order chi connectivity index (χ0) is 21.2. The minimum absolute atomic E-state index is 0.160. The molecule has 0 fully saturated rings. The van der Waals surface area contributed by atoms with Gasteiger partial charge in [0.2, 0.25) is 12.7 Å². The molecule has 4 aromatic rings. The Hall–Kier alpha value is -3.72. The molecule has 2 aromatic heterocycles. The molecule has 0 unspecified atom stereocenters. The van der Waals surface area contributed by atoms with Crippen LogP contribution < -0.4 is 14.8 Å². The van der Waals surface area contributed by atoms with E-state index in [1.54, 1.807) is 24.5 Å². The zero-order valence-electron chi connectivity index (χ0n) is 16.6. The highest BCUT2D eigenvalue weighted by atomic mass is 32.2. The van der Waals surface area contributed by atoms with Crippen molar-refractivity contribution in [1.29, 1.82) is 0 Å². The summed E-state index contributed by atoms with van der Waals surface area (Å²) < 4.78 is 18.0. The van der Waals surface area contributed by atoms with Gasteiger partial charge in [-0.1, -0.05) is 30.0 Å². The molecule has 0 saturated carbocycles. The van der Waals surface area contributed by atoms with Crippen molar-refractivity contribution in [3.8, 4) is 28.6 Å². The molecule has 1 N–H and O–H groups in total. The monoisotopic (exact) mass is 434 g/mol. The Morgan fingerprint density at radius 1 is 1.10 bits per heavy atom. The Morgan fingerprint density at radius 2 is 1.94 bits per heavy atom. The Kier molecular flexibility index (Phi) is 5.09. The first-order valence-corrected chi connectivity index (χ1v) is 10.6. The standard InChI is InChI=1S/C22H18N4O4S/c1-14-17(9-10-28-14)21-24-25-22(26(21)16-5-3-2-4-6-16)31-12-20(27)23-15-7-8-18-19(11-15)30-13-29-18/h2-11H,12-13H2,1H3,(H,23,27). The van der Waals surface area contributed by atoms with Gasteiger partial charge < -0.3 is 19.2 Å². The zero-order valence-corrected chi connectivity index (χ0v) is 17.4. The lowest BCUT2D eigenvalue weighted by molar-refractivity contribution is -0.113. The fourth-order valence-electron chi connectivity index (χ4n) is 3.27. The quantitative estimate of drug-likeness (QED) is 0.453. The van der Waals surface area contributed by atoms with E-state index in [-0.39, 0.29) is 18.5 Å². The van der Waals surface area contributed by atoms with Crippen LogP contribution in [0.5, 0.6) is 11.5 Å². The second-order valence-electron chi connectivity index (χ2n) is 6.77. The average molecular weight is 434 g/mol. The molecule has 0 bridgehead atoms. The van der Waals surface area contributed by atoms with Crippen LogP contribution in [0.1, 0.15) is 5.76 Å². The number of furan rings is 1. The lowest BCUT2D eigenvalue weighted by Gasteiger charge is -2.10. The SMILES string of the molecule is Cc1occc1-c1nnc(SCC(=O)Nc2ccc3c(c2)OCO3)n1-c1ccccc1. The first-order valence-electron chi connectivity index (χ1n) is 9.56. The molecular weight excluding hydrogens is 416 g/mol. The number of hydrogen-bond donors (Lipinski definition) is 1. The fourth-order valence-corrected chi connectivity index (χ4v) is 4.02. The Labute approximate surface area is 182 Å². The molecule has 8 nitrogen and oxygen atoms in total. The van der Waals surface area contributed by atoms with Crippen LogP contribution >= 0.6 is 11.8 Å². The number of nitrogens with one attached hydrogen (secondary N) is 1. The fraction of sp³-hybridized carbons (Fsp3) is 0.136. The molecular formula is C22H18N4O4S. The van der Waals surface area contributed by atoms with Crippen molar-refractivity contribution in [3.63, 3.8) is 0 Å². The topological polar surface area (TPSA) is 91.4 Å². The molecule has 5 rings (SSSR count). The number of nitrogens with zero attached hydrogens (tertiary/aromatic N) is 3. The first-order chi connectivity index (χ1) is 15.2. The third-order valence-corrected chi connectivity index (χ3v) is 5.67. The molecule has 2 aromatic carbocycles. The molecule has 0 aliphatic carbocycles. The third kappa shape index (κ3) is 3.87. The molecule has 1 amide bonds. The summed E-state index contributed by atoms with van der Waals surface area (Å²) in [4.78, 5) is 12.5. The van der Waals surface area contributed by atoms with Gasteiger partial charge in [0.05, 0.1) is 17.6 Å². The van der Waals surface area contributed by atoms with Gasteiger partial charge in [0.15, 0.2) is 22.5 Å². The number of rotatable bonds is 6. The van der Waals surface area contributed by atoms with Gasteiger partial charge in [-0.25, -0.2) is 0 Å². The molecule has 1 aliphatic rings. The minimum Gasteiger partial charge on any atom is -0.469 e. The average Bonchev–Trinajstić information content (AvgIpc) is 3.51. The number of thioether (sulfide) groups is 1. The maximum absolute atomic E-state index is 12.5. The number of ether oxygens (including phenoxy) is 2. The number of fused-ring (bicyclic) bond motifs is 1. The van der Waals surface area contributed by atoms with Crippen LogP contribution in [0.4, 0.5) is 5.69 Å². The van der Waals surface area contributed by atoms with Crippen molar-refractivity contribution in [2.45, 2.75) is 12.1 Å². The Balaban J connectivity index is 1.36. The summed E-state index contributed by atoms with van der Waals surface area (Å²) in [5.41, 5.74) is 2.41. The largest absolute Gasteiger partial charge is 0.469 e. The lowest BCUT2D eigenvalue weighted by atomic mass is 10.2. The van der Waals surface area contributed by atoms with Gasteiger partial charge in [0.25, 0.3) is 0 Å². The first kappa shape index (κ1) is 19.3. The predicted molar refractivity (Wildman–Crippen MR) is 116 cm³/mol. The van der Waals surface area contributed by atoms with Crippen LogP contribution in [0.15, 0.2) is 70.4 Å². The molecule has 9 heteroatoms. The lowest BCUT2D eigenvalue weighted by Crippen LogP contribution is -2.14. The van der Waals surface area contributed by atoms with Crippen LogP contribution in [0.25, 0.3) is 17.1 Å². The van der Waals surface area contributed by atoms with Crippen molar-refractivity contribution >= 4 is 23.4 Å². The number of carbonyl (C=O) groups excluding carboxylic acids is 1. The van der Waals surface area contributed by atoms with Crippen molar-refractivity contribution in [3.05, 3.63) is 66.6 Å². The van der Waals surface area contributed by atoms with Gasteiger partial charge in [-0.05, 0) is 37.3 Å². The van der Waals surface area contributed by atoms with Gasteiger partial charge in [0, 0.05) is 17.4 Å². The molecule has 0 atom stereocenters. The molecule has 0 saturated heterocycles. The highest BCUT2D eigenvalue weighted by molar-refractivity contribution is 7.99. The highest BCUT2D eigenvalue weighted by Crippen LogP contribution is 2.34. The predicted octanol–water partition coefficient (Wildman–Crippen LogP) is 4.30. The van der Waals surface area contributed by atoms with Gasteiger partial charge in [-0.3, -0.25) is 9.36 Å². The number of aryl methyl sites for hydroxylation is 1. The summed E-state index contributed by atoms with van der Waals surface area (Å²) in [5, 5.41) is 12.2. The number of hydrogen-bond acceptors (Lipinski definition) is 7. The van der Waals surface area contributed by atoms with Gasteiger partial charge in [-0.2, -0.15) is 0 Å². The summed E-state index contributed by atoms with van der Waals surface area (Å²) in [5.74, 6) is 2.72. The second-order valence-corrected chi connectivity index (χ2v) is 7.71. The number of aromatic nitrogens is 3. The number of benzene rings is 2. The van der Waals surface area contributed by atoms with Crippen molar-refractivity contribution in [2.75, 3.05) is 17.9 Å². The summed E-state index contributed by atoms with van der Waals surface area (Å²) in [6.07, 6.45) is 1.63. The molecule has 31 heavy (non-hydrogen) atoms. The van der Waals surface area contributed by atoms with Crippen molar-refractivity contribution in [2.24, 2.45) is 0 Å². The molecule has 0 radical (unpaired) electrons. The maximum Gasteiger partial charge on any atom is 0.234 e. The van der Waals surface area contributed by atoms with E-state index in [9.17, 15) is 4.79 Å². The summed E-state index contributed by atoms with van der Waals surface area (Å²) in [6.45, 7) is 2.07. The highest BCUT2D eigenvalue weighted by Gasteiger charge is 2.20. The van der Waals surface area contributed by atoms with Crippen molar-refractivity contribution < 1.29 is 18.7 Å². The summed E-state index contributed by atoms with van der Waals surface area (Å²) >= 11 is 1.31. The van der Waals surface area contributed by atoms with Crippen LogP contribution in [0.2, 0.25) is 0 Å². The number of carbonyl (C=O) groups is 1. The van der Waals surface area contributed by atoms with E-state index in [1.807, 2.05) is 47.9 Å². The van der Waals surface area contributed by atoms with E-state index in [1.165, 1.54) is 11.8 Å². The Bertz CT molecular complexity index is 1240. The van der Waals surface area contributed by atoms with E-state index in [4.69, 9.17) is 13.9 Å². The number of para-hydroxylation sites is 1. The molecule has 0 spiro atoms. The Morgan fingerprint density at radius 3 is 2.74 bits per heavy atom.